The Hall–Kier alpha value is -2.82. The number of hydrogen-bond acceptors (Lipinski definition) is 3. The fraction of sp³-hybridized carbons (Fsp3) is 0.500. The molecule has 33 heavy (non-hydrogen) atoms. The van der Waals surface area contributed by atoms with Gasteiger partial charge in [-0.1, -0.05) is 42.5 Å². The molecule has 2 N–H and O–H groups in total. The summed E-state index contributed by atoms with van der Waals surface area (Å²) in [5.74, 6) is 2.61. The molecule has 4 aliphatic rings. The average Bonchev–Trinajstić information content (AvgIpc) is 2.79. The van der Waals surface area contributed by atoms with Crippen molar-refractivity contribution in [1.82, 2.24) is 5.32 Å². The Morgan fingerprint density at radius 1 is 0.939 bits per heavy atom. The summed E-state index contributed by atoms with van der Waals surface area (Å²) >= 11 is 0. The first kappa shape index (κ1) is 22.0. The molecule has 2 aromatic carbocycles. The van der Waals surface area contributed by atoms with E-state index in [1.54, 1.807) is 6.92 Å². The van der Waals surface area contributed by atoms with Crippen LogP contribution in [0, 0.1) is 17.8 Å². The molecule has 5 heteroatoms. The van der Waals surface area contributed by atoms with E-state index >= 15 is 0 Å². The molecular formula is C28H34N2O3. The molecule has 4 saturated carbocycles. The van der Waals surface area contributed by atoms with Crippen LogP contribution >= 0.6 is 0 Å². The van der Waals surface area contributed by atoms with E-state index in [0.29, 0.717) is 5.41 Å². The lowest BCUT2D eigenvalue weighted by Crippen LogP contribution is -2.48. The molecule has 174 valence electrons. The SMILES string of the molecule is CCOC(=O)N[C@H](CC(=O)Nc1ccc(C23CC4CC(CC(C4)C2)C3)cc1)c1ccccc1. The van der Waals surface area contributed by atoms with Crippen molar-refractivity contribution in [3.63, 3.8) is 0 Å². The number of carbonyl (C=O) groups excluding carboxylic acids is 2. The number of carbonyl (C=O) groups is 2. The van der Waals surface area contributed by atoms with Crippen molar-refractivity contribution in [3.8, 4) is 0 Å². The lowest BCUT2D eigenvalue weighted by Gasteiger charge is -2.57. The van der Waals surface area contributed by atoms with Gasteiger partial charge in [0, 0.05) is 5.69 Å². The number of hydrogen-bond donors (Lipinski definition) is 2. The van der Waals surface area contributed by atoms with Crippen LogP contribution in [-0.4, -0.2) is 18.6 Å². The molecule has 0 saturated heterocycles. The number of alkyl carbamates (subject to hydrolysis) is 1. The van der Waals surface area contributed by atoms with E-state index in [2.05, 4.69) is 22.8 Å². The highest BCUT2D eigenvalue weighted by atomic mass is 16.5. The van der Waals surface area contributed by atoms with Gasteiger partial charge >= 0.3 is 6.09 Å². The molecule has 5 nitrogen and oxygen atoms in total. The molecular weight excluding hydrogens is 412 g/mol. The molecule has 6 rings (SSSR count). The van der Waals surface area contributed by atoms with Gasteiger partial charge in [0.05, 0.1) is 19.1 Å². The molecule has 4 bridgehead atoms. The summed E-state index contributed by atoms with van der Waals surface area (Å²) < 4.78 is 5.03. The Kier molecular flexibility index (Phi) is 6.13. The summed E-state index contributed by atoms with van der Waals surface area (Å²) in [6, 6.07) is 17.6. The third-order valence-electron chi connectivity index (χ3n) is 7.98. The lowest BCUT2D eigenvalue weighted by molar-refractivity contribution is -0.116. The summed E-state index contributed by atoms with van der Waals surface area (Å²) in [4.78, 5) is 24.8. The van der Waals surface area contributed by atoms with Crippen molar-refractivity contribution < 1.29 is 14.3 Å². The number of rotatable bonds is 7. The van der Waals surface area contributed by atoms with Gasteiger partial charge in [-0.25, -0.2) is 4.79 Å². The van der Waals surface area contributed by atoms with Crippen LogP contribution < -0.4 is 10.6 Å². The van der Waals surface area contributed by atoms with E-state index in [0.717, 1.165) is 29.0 Å². The minimum atomic E-state index is -0.515. The highest BCUT2D eigenvalue weighted by molar-refractivity contribution is 5.91. The maximum Gasteiger partial charge on any atom is 0.407 e. The van der Waals surface area contributed by atoms with Crippen LogP contribution in [0.5, 0.6) is 0 Å². The first-order valence-corrected chi connectivity index (χ1v) is 12.4. The molecule has 0 heterocycles. The van der Waals surface area contributed by atoms with Crippen LogP contribution in [0.1, 0.15) is 69.0 Å². The summed E-state index contributed by atoms with van der Waals surface area (Å²) in [6.07, 6.45) is 7.95. The summed E-state index contributed by atoms with van der Waals surface area (Å²) in [6.45, 7) is 2.05. The van der Waals surface area contributed by atoms with E-state index < -0.39 is 12.1 Å². The molecule has 4 fully saturated rings. The first-order chi connectivity index (χ1) is 16.0. The standard InChI is InChI=1S/C28H34N2O3/c1-2-33-27(32)30-25(22-6-4-3-5-7-22)15-26(31)29-24-10-8-23(9-11-24)28-16-19-12-20(17-28)14-21(13-19)18-28/h3-11,19-21,25H,2,12-18H2,1H3,(H,29,31)(H,30,32)/t19?,20?,21?,25-,28?/m1/s1. The van der Waals surface area contributed by atoms with Gasteiger partial charge in [0.2, 0.25) is 5.91 Å². The van der Waals surface area contributed by atoms with E-state index in [-0.39, 0.29) is 18.9 Å². The van der Waals surface area contributed by atoms with Gasteiger partial charge < -0.3 is 15.4 Å². The number of nitrogens with one attached hydrogen (secondary N) is 2. The minimum absolute atomic E-state index is 0.136. The molecule has 0 unspecified atom stereocenters. The zero-order chi connectivity index (χ0) is 22.8. The molecule has 1 atom stereocenters. The van der Waals surface area contributed by atoms with Crippen LogP contribution in [0.3, 0.4) is 0 Å². The van der Waals surface area contributed by atoms with Gasteiger partial charge in [0.15, 0.2) is 0 Å². The Morgan fingerprint density at radius 2 is 1.55 bits per heavy atom. The molecule has 0 aliphatic heterocycles. The monoisotopic (exact) mass is 446 g/mol. The number of benzene rings is 2. The van der Waals surface area contributed by atoms with Crippen molar-refractivity contribution in [2.75, 3.05) is 11.9 Å². The fourth-order valence-electron chi connectivity index (χ4n) is 7.02. The van der Waals surface area contributed by atoms with Crippen molar-refractivity contribution in [1.29, 1.82) is 0 Å². The van der Waals surface area contributed by atoms with Crippen LogP contribution in [0.2, 0.25) is 0 Å². The van der Waals surface area contributed by atoms with Crippen LogP contribution in [0.25, 0.3) is 0 Å². The van der Waals surface area contributed by atoms with Crippen molar-refractivity contribution in [2.24, 2.45) is 17.8 Å². The highest BCUT2D eigenvalue weighted by Crippen LogP contribution is 2.60. The Labute approximate surface area is 196 Å². The molecule has 2 aromatic rings. The second kappa shape index (κ2) is 9.20. The second-order valence-electron chi connectivity index (χ2n) is 10.4. The maximum atomic E-state index is 12.8. The predicted octanol–water partition coefficient (Wildman–Crippen LogP) is 5.97. The van der Waals surface area contributed by atoms with Crippen molar-refractivity contribution >= 4 is 17.7 Å². The van der Waals surface area contributed by atoms with Crippen molar-refractivity contribution in [3.05, 3.63) is 65.7 Å². The number of anilines is 1. The lowest BCUT2D eigenvalue weighted by atomic mass is 9.48. The Morgan fingerprint density at radius 3 is 2.12 bits per heavy atom. The van der Waals surface area contributed by atoms with Gasteiger partial charge in [-0.05, 0) is 91.9 Å². The van der Waals surface area contributed by atoms with Crippen LogP contribution in [0.4, 0.5) is 10.5 Å². The van der Waals surface area contributed by atoms with Gasteiger partial charge in [0.25, 0.3) is 0 Å². The minimum Gasteiger partial charge on any atom is -0.450 e. The van der Waals surface area contributed by atoms with E-state index in [9.17, 15) is 9.59 Å². The van der Waals surface area contributed by atoms with Crippen molar-refractivity contribution in [2.45, 2.75) is 63.3 Å². The molecule has 2 amide bonds. The predicted molar refractivity (Wildman–Crippen MR) is 129 cm³/mol. The van der Waals surface area contributed by atoms with Gasteiger partial charge in [-0.3, -0.25) is 4.79 Å². The second-order valence-corrected chi connectivity index (χ2v) is 10.4. The average molecular weight is 447 g/mol. The quantitative estimate of drug-likeness (QED) is 0.551. The van der Waals surface area contributed by atoms with Gasteiger partial charge in [0.1, 0.15) is 0 Å². The molecule has 4 aliphatic carbocycles. The smallest absolute Gasteiger partial charge is 0.407 e. The summed E-state index contributed by atoms with van der Waals surface area (Å²) in [5.41, 5.74) is 3.49. The number of ether oxygens (including phenoxy) is 1. The Balaban J connectivity index is 1.24. The van der Waals surface area contributed by atoms with E-state index in [1.165, 1.54) is 44.1 Å². The molecule has 0 radical (unpaired) electrons. The fourth-order valence-corrected chi connectivity index (χ4v) is 7.02. The van der Waals surface area contributed by atoms with E-state index in [4.69, 9.17) is 4.74 Å². The Bertz CT molecular complexity index is 951. The first-order valence-electron chi connectivity index (χ1n) is 12.4. The highest BCUT2D eigenvalue weighted by Gasteiger charge is 2.51. The molecule has 0 aromatic heterocycles. The zero-order valence-electron chi connectivity index (χ0n) is 19.4. The maximum absolute atomic E-state index is 12.8. The van der Waals surface area contributed by atoms with E-state index in [1.807, 2.05) is 42.5 Å². The van der Waals surface area contributed by atoms with Gasteiger partial charge in [-0.15, -0.1) is 0 Å². The topological polar surface area (TPSA) is 67.4 Å². The third-order valence-corrected chi connectivity index (χ3v) is 7.98. The largest absolute Gasteiger partial charge is 0.450 e. The molecule has 0 spiro atoms. The summed E-state index contributed by atoms with van der Waals surface area (Å²) in [5, 5.41) is 5.83. The van der Waals surface area contributed by atoms with Crippen LogP contribution in [-0.2, 0) is 14.9 Å². The normalized spacial score (nSPS) is 28.2. The number of amides is 2. The van der Waals surface area contributed by atoms with Crippen LogP contribution in [0.15, 0.2) is 54.6 Å². The van der Waals surface area contributed by atoms with Gasteiger partial charge in [-0.2, -0.15) is 0 Å². The zero-order valence-corrected chi connectivity index (χ0v) is 19.4. The third kappa shape index (κ3) is 4.78. The summed E-state index contributed by atoms with van der Waals surface area (Å²) in [7, 11) is 0.